The van der Waals surface area contributed by atoms with Gasteiger partial charge in [0.25, 0.3) is 0 Å². The van der Waals surface area contributed by atoms with Crippen LogP contribution in [0.5, 0.6) is 0 Å². The molecule has 2 aromatic carbocycles. The lowest BCUT2D eigenvalue weighted by molar-refractivity contribution is -0.142. The Morgan fingerprint density at radius 1 is 1.09 bits per heavy atom. The van der Waals surface area contributed by atoms with Gasteiger partial charge in [-0.2, -0.15) is 0 Å². The van der Waals surface area contributed by atoms with Gasteiger partial charge in [-0.15, -0.1) is 0 Å². The molecule has 4 rings (SSSR count). The number of carboxylic acid groups (broad SMARTS) is 1. The van der Waals surface area contributed by atoms with Gasteiger partial charge >= 0.3 is 12.1 Å². The van der Waals surface area contributed by atoms with Gasteiger partial charge in [-0.1, -0.05) is 62.4 Å². The molecule has 0 aromatic heterocycles. The van der Waals surface area contributed by atoms with E-state index >= 15 is 0 Å². The summed E-state index contributed by atoms with van der Waals surface area (Å²) in [7, 11) is 0. The van der Waals surface area contributed by atoms with E-state index in [0.29, 0.717) is 0 Å². The largest absolute Gasteiger partial charge is 0.481 e. The molecule has 0 radical (unpaired) electrons. The smallest absolute Gasteiger partial charge is 0.407 e. The number of carbonyl (C=O) groups excluding carboxylic acids is 2. The summed E-state index contributed by atoms with van der Waals surface area (Å²) in [4.78, 5) is 38.2. The Balaban J connectivity index is 1.43. The number of rotatable bonds is 6. The van der Waals surface area contributed by atoms with Crippen molar-refractivity contribution in [3.05, 3.63) is 59.7 Å². The molecule has 1 fully saturated rings. The molecule has 2 aromatic rings. The first-order chi connectivity index (χ1) is 15.7. The van der Waals surface area contributed by atoms with Crippen LogP contribution in [0, 0.1) is 5.41 Å². The van der Waals surface area contributed by atoms with Crippen LogP contribution in [0.25, 0.3) is 11.1 Å². The molecule has 3 N–H and O–H groups in total. The topological polar surface area (TPSA) is 116 Å². The lowest BCUT2D eigenvalue weighted by Gasteiger charge is -2.24. The van der Waals surface area contributed by atoms with Crippen molar-refractivity contribution in [3.8, 4) is 11.1 Å². The molecule has 1 heterocycles. The highest BCUT2D eigenvalue weighted by Gasteiger charge is 2.42. The van der Waals surface area contributed by atoms with Crippen LogP contribution in [0.4, 0.5) is 4.79 Å². The average molecular weight is 453 g/mol. The number of aliphatic hydroxyl groups is 1. The summed E-state index contributed by atoms with van der Waals surface area (Å²) >= 11 is 0. The average Bonchev–Trinajstić information content (AvgIpc) is 3.24. The second-order valence-electron chi connectivity index (χ2n) is 9.34. The van der Waals surface area contributed by atoms with Crippen molar-refractivity contribution in [1.82, 2.24) is 10.2 Å². The maximum atomic E-state index is 12.9. The molecule has 8 nitrogen and oxygen atoms in total. The number of aliphatic hydroxyl groups excluding tert-OH is 1. The van der Waals surface area contributed by atoms with Crippen molar-refractivity contribution < 1.29 is 29.3 Å². The zero-order valence-corrected chi connectivity index (χ0v) is 18.7. The lowest BCUT2D eigenvalue weighted by atomic mass is 9.90. The van der Waals surface area contributed by atoms with Crippen LogP contribution in [0.2, 0.25) is 0 Å². The molecular weight excluding hydrogens is 424 g/mol. The molecule has 2 amide bonds. The predicted octanol–water partition coefficient (Wildman–Crippen LogP) is 2.60. The number of nitrogens with zero attached hydrogens (tertiary/aromatic N) is 1. The number of likely N-dealkylation sites (tertiary alicyclic amines) is 1. The quantitative estimate of drug-likeness (QED) is 0.620. The van der Waals surface area contributed by atoms with E-state index in [1.807, 2.05) is 62.4 Å². The molecule has 2 unspecified atom stereocenters. The molecule has 0 spiro atoms. The van der Waals surface area contributed by atoms with Gasteiger partial charge in [0.1, 0.15) is 12.6 Å². The fraction of sp³-hybridized carbons (Fsp3) is 0.400. The van der Waals surface area contributed by atoms with E-state index < -0.39 is 42.0 Å². The summed E-state index contributed by atoms with van der Waals surface area (Å²) in [6, 6.07) is 14.6. The summed E-state index contributed by atoms with van der Waals surface area (Å²) in [6.45, 7) is 4.08. The normalized spacial score (nSPS) is 19.5. The zero-order valence-electron chi connectivity index (χ0n) is 18.7. The first-order valence-electron chi connectivity index (χ1n) is 11.0. The number of fused-ring (bicyclic) bond motifs is 3. The maximum Gasteiger partial charge on any atom is 0.407 e. The van der Waals surface area contributed by atoms with Crippen LogP contribution in [0.3, 0.4) is 0 Å². The highest BCUT2D eigenvalue weighted by atomic mass is 16.5. The van der Waals surface area contributed by atoms with Crippen LogP contribution < -0.4 is 5.32 Å². The third-order valence-corrected chi connectivity index (χ3v) is 6.52. The molecule has 33 heavy (non-hydrogen) atoms. The van der Waals surface area contributed by atoms with Crippen LogP contribution >= 0.6 is 0 Å². The summed E-state index contributed by atoms with van der Waals surface area (Å²) in [6.07, 6.45) is -2.15. The zero-order chi connectivity index (χ0) is 23.8. The Bertz CT molecular complexity index is 1040. The van der Waals surface area contributed by atoms with Crippen molar-refractivity contribution >= 4 is 18.0 Å². The Morgan fingerprint density at radius 2 is 1.67 bits per heavy atom. The standard InChI is InChI=1S/C25H28N2O6/c1-25(2)14-27(12-21(25)28)23(31)20(11-22(29)30)26-24(32)33-13-19-17-9-5-3-7-15(17)16-8-4-6-10-18(16)19/h3-10,19-21,28H,11-14H2,1-2H3,(H,26,32)(H,29,30). The Kier molecular flexibility index (Phi) is 6.12. The highest BCUT2D eigenvalue weighted by molar-refractivity contribution is 5.89. The van der Waals surface area contributed by atoms with Crippen molar-refractivity contribution in [1.29, 1.82) is 0 Å². The minimum absolute atomic E-state index is 0.0588. The fourth-order valence-electron chi connectivity index (χ4n) is 4.66. The first kappa shape index (κ1) is 22.8. The number of hydrogen-bond acceptors (Lipinski definition) is 5. The monoisotopic (exact) mass is 452 g/mol. The first-order valence-corrected chi connectivity index (χ1v) is 11.0. The van der Waals surface area contributed by atoms with E-state index in [-0.39, 0.29) is 25.6 Å². The predicted molar refractivity (Wildman–Crippen MR) is 121 cm³/mol. The molecule has 8 heteroatoms. The molecule has 0 bridgehead atoms. The number of nitrogens with one attached hydrogen (secondary N) is 1. The second-order valence-corrected chi connectivity index (χ2v) is 9.34. The second kappa shape index (κ2) is 8.86. The van der Waals surface area contributed by atoms with E-state index in [0.717, 1.165) is 22.3 Å². The molecule has 0 saturated carbocycles. The number of alkyl carbamates (subject to hydrolysis) is 1. The third kappa shape index (κ3) is 4.57. The van der Waals surface area contributed by atoms with E-state index in [1.54, 1.807) is 0 Å². The Hall–Kier alpha value is -3.39. The molecule has 1 saturated heterocycles. The van der Waals surface area contributed by atoms with Gasteiger partial charge in [-0.05, 0) is 22.3 Å². The van der Waals surface area contributed by atoms with Gasteiger partial charge in [-0.3, -0.25) is 9.59 Å². The van der Waals surface area contributed by atoms with E-state index in [1.165, 1.54) is 4.90 Å². The number of ether oxygens (including phenoxy) is 1. The summed E-state index contributed by atoms with van der Waals surface area (Å²) in [5, 5.41) is 21.8. The molecule has 1 aliphatic heterocycles. The number of β-amino-alcohol motifs (C(OH)–C–C–N with tert-alkyl or cyclic N) is 1. The van der Waals surface area contributed by atoms with Crippen molar-refractivity contribution in [2.45, 2.75) is 38.3 Å². The summed E-state index contributed by atoms with van der Waals surface area (Å²) in [5.41, 5.74) is 3.79. The number of carboxylic acids is 1. The van der Waals surface area contributed by atoms with Gasteiger partial charge in [0.05, 0.1) is 12.5 Å². The molecular formula is C25H28N2O6. The maximum absolute atomic E-state index is 12.9. The van der Waals surface area contributed by atoms with Crippen LogP contribution in [-0.4, -0.2) is 64.9 Å². The minimum Gasteiger partial charge on any atom is -0.481 e. The van der Waals surface area contributed by atoms with E-state index in [4.69, 9.17) is 4.74 Å². The van der Waals surface area contributed by atoms with E-state index in [2.05, 4.69) is 5.32 Å². The summed E-state index contributed by atoms with van der Waals surface area (Å²) in [5.74, 6) is -1.91. The Labute approximate surface area is 192 Å². The highest BCUT2D eigenvalue weighted by Crippen LogP contribution is 2.44. The van der Waals surface area contributed by atoms with Gasteiger partial charge in [0, 0.05) is 24.4 Å². The van der Waals surface area contributed by atoms with Crippen LogP contribution in [-0.2, 0) is 14.3 Å². The molecule has 174 valence electrons. The van der Waals surface area contributed by atoms with Crippen LogP contribution in [0.1, 0.15) is 37.3 Å². The number of hydrogen-bond donors (Lipinski definition) is 3. The Morgan fingerprint density at radius 3 is 2.18 bits per heavy atom. The number of carbonyl (C=O) groups is 3. The summed E-state index contributed by atoms with van der Waals surface area (Å²) < 4.78 is 5.46. The fourth-order valence-corrected chi connectivity index (χ4v) is 4.66. The minimum atomic E-state index is -1.28. The van der Waals surface area contributed by atoms with Crippen molar-refractivity contribution in [2.24, 2.45) is 5.41 Å². The number of amides is 2. The molecule has 2 aliphatic rings. The SMILES string of the molecule is CC1(C)CN(C(=O)C(CC(=O)O)NC(=O)OCC2c3ccccc3-c3ccccc32)CC1O. The van der Waals surface area contributed by atoms with Crippen molar-refractivity contribution in [2.75, 3.05) is 19.7 Å². The van der Waals surface area contributed by atoms with Crippen LogP contribution in [0.15, 0.2) is 48.5 Å². The number of aliphatic carboxylic acids is 1. The van der Waals surface area contributed by atoms with Gasteiger partial charge in [-0.25, -0.2) is 4.79 Å². The van der Waals surface area contributed by atoms with Gasteiger partial charge < -0.3 is 25.2 Å². The molecule has 2 atom stereocenters. The number of benzene rings is 2. The van der Waals surface area contributed by atoms with Gasteiger partial charge in [0.15, 0.2) is 0 Å². The molecule has 1 aliphatic carbocycles. The van der Waals surface area contributed by atoms with Gasteiger partial charge in [0.2, 0.25) is 5.91 Å². The lowest BCUT2D eigenvalue weighted by Crippen LogP contribution is -2.49. The third-order valence-electron chi connectivity index (χ3n) is 6.52. The van der Waals surface area contributed by atoms with Crippen molar-refractivity contribution in [3.63, 3.8) is 0 Å². The van der Waals surface area contributed by atoms with E-state index in [9.17, 15) is 24.6 Å².